The van der Waals surface area contributed by atoms with E-state index < -0.39 is 6.36 Å². The van der Waals surface area contributed by atoms with E-state index in [1.54, 1.807) is 0 Å². The maximum Gasteiger partial charge on any atom is 0.573 e. The number of aryl methyl sites for hydroxylation is 1. The molecular formula is C20H20F3N3O2. The van der Waals surface area contributed by atoms with Crippen molar-refractivity contribution in [3.63, 3.8) is 0 Å². The van der Waals surface area contributed by atoms with Gasteiger partial charge in [0, 0.05) is 6.42 Å². The van der Waals surface area contributed by atoms with E-state index >= 15 is 0 Å². The lowest BCUT2D eigenvalue weighted by Gasteiger charge is -2.14. The van der Waals surface area contributed by atoms with Crippen LogP contribution in [-0.2, 0) is 11.2 Å². The zero-order valence-electron chi connectivity index (χ0n) is 15.2. The number of nitrogens with one attached hydrogen (secondary N) is 2. The number of aromatic nitrogens is 2. The zero-order chi connectivity index (χ0) is 20.1. The van der Waals surface area contributed by atoms with Crippen molar-refractivity contribution in [3.05, 3.63) is 59.9 Å². The molecule has 1 unspecified atom stereocenters. The van der Waals surface area contributed by atoms with Gasteiger partial charge in [0.2, 0.25) is 5.91 Å². The van der Waals surface area contributed by atoms with Gasteiger partial charge in [0.15, 0.2) is 0 Å². The molecule has 0 aliphatic heterocycles. The molecule has 2 aromatic carbocycles. The number of ether oxygens (including phenoxy) is 1. The molecule has 0 radical (unpaired) electrons. The summed E-state index contributed by atoms with van der Waals surface area (Å²) in [6.07, 6.45) is -3.41. The molecule has 1 amide bonds. The van der Waals surface area contributed by atoms with Gasteiger partial charge in [0.1, 0.15) is 11.6 Å². The minimum absolute atomic E-state index is 0.150. The Morgan fingerprint density at radius 1 is 1.18 bits per heavy atom. The highest BCUT2D eigenvalue weighted by Gasteiger charge is 2.30. The lowest BCUT2D eigenvalue weighted by Crippen LogP contribution is -2.29. The first kappa shape index (κ1) is 19.7. The second-order valence-corrected chi connectivity index (χ2v) is 6.36. The molecule has 3 aromatic rings. The van der Waals surface area contributed by atoms with E-state index in [2.05, 4.69) is 20.0 Å². The van der Waals surface area contributed by atoms with E-state index in [1.165, 1.54) is 24.3 Å². The fourth-order valence-electron chi connectivity index (χ4n) is 2.88. The van der Waals surface area contributed by atoms with Gasteiger partial charge in [-0.3, -0.25) is 4.79 Å². The number of nitrogens with zero attached hydrogens (tertiary/aromatic N) is 1. The maximum atomic E-state index is 12.3. The van der Waals surface area contributed by atoms with Gasteiger partial charge in [-0.25, -0.2) is 4.98 Å². The second kappa shape index (κ2) is 8.33. The topological polar surface area (TPSA) is 67.0 Å². The Balaban J connectivity index is 1.55. The Kier molecular flexibility index (Phi) is 5.87. The summed E-state index contributed by atoms with van der Waals surface area (Å²) in [6, 6.07) is 12.9. The predicted molar refractivity (Wildman–Crippen MR) is 98.7 cm³/mol. The van der Waals surface area contributed by atoms with Crippen LogP contribution in [-0.4, -0.2) is 22.2 Å². The number of fused-ring (bicyclic) bond motifs is 1. The summed E-state index contributed by atoms with van der Waals surface area (Å²) in [7, 11) is 0. The van der Waals surface area contributed by atoms with Gasteiger partial charge < -0.3 is 15.0 Å². The molecule has 0 bridgehead atoms. The van der Waals surface area contributed by atoms with Crippen molar-refractivity contribution in [1.82, 2.24) is 15.3 Å². The summed E-state index contributed by atoms with van der Waals surface area (Å²) in [6.45, 7) is 1.96. The number of amides is 1. The Labute approximate surface area is 159 Å². The third-order valence-corrected chi connectivity index (χ3v) is 4.28. The number of carbonyl (C=O) groups is 1. The van der Waals surface area contributed by atoms with E-state index in [4.69, 9.17) is 0 Å². The smallest absolute Gasteiger partial charge is 0.406 e. The monoisotopic (exact) mass is 391 g/mol. The Morgan fingerprint density at radius 3 is 2.54 bits per heavy atom. The second-order valence-electron chi connectivity index (χ2n) is 6.36. The fraction of sp³-hybridized carbons (Fsp3) is 0.300. The van der Waals surface area contributed by atoms with Gasteiger partial charge in [-0.2, -0.15) is 0 Å². The Bertz CT molecular complexity index is 903. The molecule has 1 atom stereocenters. The Hall–Kier alpha value is -3.03. The summed E-state index contributed by atoms with van der Waals surface area (Å²) in [5.41, 5.74) is 2.50. The number of imidazole rings is 1. The minimum atomic E-state index is -4.72. The van der Waals surface area contributed by atoms with Crippen molar-refractivity contribution in [2.45, 2.75) is 38.6 Å². The lowest BCUT2D eigenvalue weighted by molar-refractivity contribution is -0.274. The van der Waals surface area contributed by atoms with Crippen LogP contribution >= 0.6 is 0 Å². The van der Waals surface area contributed by atoms with Crippen LogP contribution in [0.5, 0.6) is 5.75 Å². The van der Waals surface area contributed by atoms with Crippen molar-refractivity contribution in [1.29, 1.82) is 0 Å². The van der Waals surface area contributed by atoms with Crippen molar-refractivity contribution >= 4 is 16.9 Å². The highest BCUT2D eigenvalue weighted by Crippen LogP contribution is 2.23. The minimum Gasteiger partial charge on any atom is -0.406 e. The number of carbonyl (C=O) groups excluding carboxylic acids is 1. The molecule has 1 aromatic heterocycles. The first-order valence-electron chi connectivity index (χ1n) is 8.93. The molecule has 28 heavy (non-hydrogen) atoms. The molecule has 2 N–H and O–H groups in total. The molecule has 8 heteroatoms. The highest BCUT2D eigenvalue weighted by molar-refractivity contribution is 5.77. The lowest BCUT2D eigenvalue weighted by atomic mass is 10.1. The third-order valence-electron chi connectivity index (χ3n) is 4.28. The zero-order valence-corrected chi connectivity index (χ0v) is 15.2. The van der Waals surface area contributed by atoms with Gasteiger partial charge in [-0.05, 0) is 42.7 Å². The van der Waals surface area contributed by atoms with Crippen molar-refractivity contribution in [3.8, 4) is 5.75 Å². The summed E-state index contributed by atoms with van der Waals surface area (Å²) < 4.78 is 40.4. The summed E-state index contributed by atoms with van der Waals surface area (Å²) >= 11 is 0. The number of hydrogen-bond acceptors (Lipinski definition) is 3. The molecule has 0 saturated carbocycles. The molecule has 0 aliphatic rings. The number of halogens is 3. The molecule has 1 heterocycles. The third kappa shape index (κ3) is 5.25. The van der Waals surface area contributed by atoms with E-state index in [1.807, 2.05) is 31.2 Å². The molecule has 148 valence electrons. The van der Waals surface area contributed by atoms with Gasteiger partial charge in [-0.1, -0.05) is 31.2 Å². The molecule has 0 aliphatic carbocycles. The number of benzene rings is 2. The van der Waals surface area contributed by atoms with E-state index in [0.717, 1.165) is 16.6 Å². The molecule has 5 nitrogen and oxygen atoms in total. The largest absolute Gasteiger partial charge is 0.573 e. The summed E-state index contributed by atoms with van der Waals surface area (Å²) in [5.74, 6) is 0.269. The number of aromatic amines is 1. The van der Waals surface area contributed by atoms with Crippen LogP contribution in [0.2, 0.25) is 0 Å². The first-order valence-corrected chi connectivity index (χ1v) is 8.93. The Morgan fingerprint density at radius 2 is 1.89 bits per heavy atom. The van der Waals surface area contributed by atoms with Crippen LogP contribution in [0.25, 0.3) is 11.0 Å². The summed E-state index contributed by atoms with van der Waals surface area (Å²) in [5, 5.41) is 2.95. The molecule has 3 rings (SSSR count). The van der Waals surface area contributed by atoms with Crippen LogP contribution in [0.3, 0.4) is 0 Å². The standard InChI is InChI=1S/C20H20F3N3O2/c1-2-15(19-25-16-5-3-4-6-17(16)26-19)24-18(27)12-9-13-7-10-14(11-8-13)28-20(21,22)23/h3-8,10-11,15H,2,9,12H2,1H3,(H,24,27)(H,25,26). The van der Waals surface area contributed by atoms with Crippen LogP contribution in [0, 0.1) is 0 Å². The number of alkyl halides is 3. The van der Waals surface area contributed by atoms with Gasteiger partial charge in [0.25, 0.3) is 0 Å². The molecule has 0 saturated heterocycles. The van der Waals surface area contributed by atoms with Crippen molar-refractivity contribution < 1.29 is 22.7 Å². The first-order chi connectivity index (χ1) is 13.3. The van der Waals surface area contributed by atoms with Crippen molar-refractivity contribution in [2.75, 3.05) is 0 Å². The SMILES string of the molecule is CCC(NC(=O)CCc1ccc(OC(F)(F)F)cc1)c1nc2ccccc2[nH]1. The molecule has 0 spiro atoms. The van der Waals surface area contributed by atoms with Crippen LogP contribution in [0.4, 0.5) is 13.2 Å². The maximum absolute atomic E-state index is 12.3. The van der Waals surface area contributed by atoms with Crippen LogP contribution < -0.4 is 10.1 Å². The highest BCUT2D eigenvalue weighted by atomic mass is 19.4. The molecular weight excluding hydrogens is 371 g/mol. The average Bonchev–Trinajstić information content (AvgIpc) is 3.08. The normalized spacial score (nSPS) is 12.7. The number of H-pyrrole nitrogens is 1. The van der Waals surface area contributed by atoms with Gasteiger partial charge in [0.05, 0.1) is 17.1 Å². The number of hydrogen-bond donors (Lipinski definition) is 2. The van der Waals surface area contributed by atoms with Crippen LogP contribution in [0.1, 0.15) is 37.2 Å². The van der Waals surface area contributed by atoms with Gasteiger partial charge >= 0.3 is 6.36 Å². The quantitative estimate of drug-likeness (QED) is 0.616. The van der Waals surface area contributed by atoms with Crippen LogP contribution in [0.15, 0.2) is 48.5 Å². The van der Waals surface area contributed by atoms with E-state index in [-0.39, 0.29) is 24.1 Å². The molecule has 0 fully saturated rings. The number of rotatable bonds is 7. The predicted octanol–water partition coefficient (Wildman–Crippen LogP) is 4.66. The van der Waals surface area contributed by atoms with E-state index in [9.17, 15) is 18.0 Å². The number of para-hydroxylation sites is 2. The van der Waals surface area contributed by atoms with Gasteiger partial charge in [-0.15, -0.1) is 13.2 Å². The van der Waals surface area contributed by atoms with Crippen molar-refractivity contribution in [2.24, 2.45) is 0 Å². The van der Waals surface area contributed by atoms with E-state index in [0.29, 0.717) is 18.7 Å². The fourth-order valence-corrected chi connectivity index (χ4v) is 2.88. The summed E-state index contributed by atoms with van der Waals surface area (Å²) in [4.78, 5) is 20.0. The average molecular weight is 391 g/mol.